The van der Waals surface area contributed by atoms with Gasteiger partial charge in [-0.1, -0.05) is 0 Å². The summed E-state index contributed by atoms with van der Waals surface area (Å²) in [6.07, 6.45) is 0. The van der Waals surface area contributed by atoms with Gasteiger partial charge in [-0.3, -0.25) is 15.0 Å². The number of H-pyrrole nitrogens is 2. The summed E-state index contributed by atoms with van der Waals surface area (Å²) in [6, 6.07) is 7.71. The van der Waals surface area contributed by atoms with Gasteiger partial charge in [0.25, 0.3) is 5.91 Å². The van der Waals surface area contributed by atoms with Crippen molar-refractivity contribution >= 4 is 51.7 Å². The minimum atomic E-state index is -1.39. The van der Waals surface area contributed by atoms with E-state index in [1.165, 1.54) is 6.07 Å². The maximum Gasteiger partial charge on any atom is 0.335 e. The lowest BCUT2D eigenvalue weighted by atomic mass is 10.1. The van der Waals surface area contributed by atoms with Gasteiger partial charge in [-0.25, -0.2) is 14.4 Å². The fourth-order valence-electron chi connectivity index (χ4n) is 2.65. The Labute approximate surface area is 172 Å². The maximum atomic E-state index is 12.5. The van der Waals surface area contributed by atoms with Gasteiger partial charge in [0, 0.05) is 12.6 Å². The summed E-state index contributed by atoms with van der Waals surface area (Å²) < 4.78 is 0. The van der Waals surface area contributed by atoms with E-state index in [9.17, 15) is 24.0 Å². The third-order valence-electron chi connectivity index (χ3n) is 4.05. The summed E-state index contributed by atoms with van der Waals surface area (Å²) in [7, 11) is 0. The number of carbonyl (C=O) groups excluding carboxylic acids is 2. The number of anilines is 2. The number of aromatic amines is 2. The van der Waals surface area contributed by atoms with Crippen LogP contribution in [0.1, 0.15) is 27.6 Å². The van der Waals surface area contributed by atoms with E-state index in [4.69, 9.17) is 10.2 Å². The van der Waals surface area contributed by atoms with Crippen LogP contribution < -0.4 is 16.4 Å². The molecule has 31 heavy (non-hydrogen) atoms. The predicted molar refractivity (Wildman–Crippen MR) is 110 cm³/mol. The Bertz CT molecular complexity index is 1290. The first-order valence-electron chi connectivity index (χ1n) is 8.64. The van der Waals surface area contributed by atoms with E-state index >= 15 is 0 Å². The number of benzene rings is 2. The second kappa shape index (κ2) is 8.32. The Balaban J connectivity index is 1.86. The molecule has 3 aromatic rings. The van der Waals surface area contributed by atoms with Crippen LogP contribution in [0.4, 0.5) is 11.4 Å². The van der Waals surface area contributed by atoms with Crippen molar-refractivity contribution in [3.05, 3.63) is 58.0 Å². The van der Waals surface area contributed by atoms with Crippen LogP contribution in [0.15, 0.2) is 46.3 Å². The number of hydrogen-bond acceptors (Lipinski definition) is 7. The highest BCUT2D eigenvalue weighted by Crippen LogP contribution is 2.17. The monoisotopic (exact) mass is 425 g/mol. The van der Waals surface area contributed by atoms with Crippen molar-refractivity contribution in [3.8, 4) is 0 Å². The fraction of sp³-hybridized carbons (Fsp3) is 0.0526. The van der Waals surface area contributed by atoms with Gasteiger partial charge >= 0.3 is 17.6 Å². The van der Waals surface area contributed by atoms with E-state index < -0.39 is 35.0 Å². The minimum absolute atomic E-state index is 0.137. The van der Waals surface area contributed by atoms with Crippen LogP contribution in [0.25, 0.3) is 11.0 Å². The van der Waals surface area contributed by atoms with Crippen molar-refractivity contribution in [1.29, 1.82) is 0 Å². The Hall–Kier alpha value is -4.74. The second-order valence-corrected chi connectivity index (χ2v) is 6.33. The zero-order chi connectivity index (χ0) is 22.7. The Morgan fingerprint density at radius 2 is 1.48 bits per heavy atom. The molecule has 1 heterocycles. The molecule has 0 aliphatic carbocycles. The van der Waals surface area contributed by atoms with E-state index in [1.807, 2.05) is 0 Å². The van der Waals surface area contributed by atoms with Crippen molar-refractivity contribution in [1.82, 2.24) is 9.97 Å². The number of ketones is 1. The molecule has 0 spiro atoms. The SMILES string of the molecule is CC(=O)/C(=N/Nc1ccc2[nH]c(=O)[nH]c2c1)C(=O)Nc1cc(C(=O)O)cc(C(=O)O)c1. The average Bonchev–Trinajstić information content (AvgIpc) is 3.06. The zero-order valence-electron chi connectivity index (χ0n) is 15.8. The summed E-state index contributed by atoms with van der Waals surface area (Å²) in [4.78, 5) is 63.2. The molecule has 1 aromatic heterocycles. The van der Waals surface area contributed by atoms with Crippen LogP contribution >= 0.6 is 0 Å². The maximum absolute atomic E-state index is 12.5. The third-order valence-corrected chi connectivity index (χ3v) is 4.05. The van der Waals surface area contributed by atoms with Crippen molar-refractivity contribution in [2.75, 3.05) is 10.7 Å². The van der Waals surface area contributed by atoms with Crippen molar-refractivity contribution in [3.63, 3.8) is 0 Å². The highest BCUT2D eigenvalue weighted by Gasteiger charge is 2.19. The van der Waals surface area contributed by atoms with Crippen molar-refractivity contribution in [2.45, 2.75) is 6.92 Å². The lowest BCUT2D eigenvalue weighted by molar-refractivity contribution is -0.114. The Morgan fingerprint density at radius 1 is 0.871 bits per heavy atom. The fourth-order valence-corrected chi connectivity index (χ4v) is 2.65. The number of carbonyl (C=O) groups is 4. The highest BCUT2D eigenvalue weighted by atomic mass is 16.4. The number of Topliss-reactive ketones (excluding diaryl/α,β-unsaturated/α-hetero) is 1. The minimum Gasteiger partial charge on any atom is -0.478 e. The number of imidazole rings is 1. The molecular weight excluding hydrogens is 410 g/mol. The topological polar surface area (TPSA) is 194 Å². The molecule has 12 heteroatoms. The molecule has 0 fully saturated rings. The third kappa shape index (κ3) is 4.82. The van der Waals surface area contributed by atoms with Crippen LogP contribution in [0.5, 0.6) is 0 Å². The molecule has 0 bridgehead atoms. The molecule has 0 aliphatic rings. The number of nitrogens with one attached hydrogen (secondary N) is 4. The molecule has 6 N–H and O–H groups in total. The first kappa shape index (κ1) is 21.0. The van der Waals surface area contributed by atoms with E-state index in [-0.39, 0.29) is 16.8 Å². The lowest BCUT2D eigenvalue weighted by Crippen LogP contribution is -2.29. The summed E-state index contributed by atoms with van der Waals surface area (Å²) >= 11 is 0. The van der Waals surface area contributed by atoms with Gasteiger partial charge in [0.05, 0.1) is 27.8 Å². The predicted octanol–water partition coefficient (Wildman–Crippen LogP) is 1.25. The summed E-state index contributed by atoms with van der Waals surface area (Å²) in [6.45, 7) is 1.10. The molecule has 0 saturated heterocycles. The molecule has 2 aromatic carbocycles. The molecule has 3 rings (SSSR count). The van der Waals surface area contributed by atoms with Crippen LogP contribution in [0.2, 0.25) is 0 Å². The number of hydrogen-bond donors (Lipinski definition) is 6. The molecule has 0 aliphatic heterocycles. The molecular formula is C19H15N5O7. The lowest BCUT2D eigenvalue weighted by Gasteiger charge is -2.09. The number of hydrazone groups is 1. The number of fused-ring (bicyclic) bond motifs is 1. The first-order valence-corrected chi connectivity index (χ1v) is 8.64. The van der Waals surface area contributed by atoms with Gasteiger partial charge in [-0.2, -0.15) is 5.10 Å². The van der Waals surface area contributed by atoms with Crippen LogP contribution in [0, 0.1) is 0 Å². The normalized spacial score (nSPS) is 11.2. The standard InChI is InChI=1S/C19H15N5O7/c1-8(25)15(24-23-11-2-3-13-14(7-11)22-19(31)21-13)16(26)20-12-5-9(17(27)28)4-10(6-12)18(29)30/h2-7,23H,1H3,(H,20,26)(H,27,28)(H,29,30)(H2,21,22,31)/b24-15-. The molecule has 158 valence electrons. The van der Waals surface area contributed by atoms with Gasteiger partial charge in [-0.15, -0.1) is 0 Å². The van der Waals surface area contributed by atoms with E-state index in [2.05, 4.69) is 25.8 Å². The van der Waals surface area contributed by atoms with Crippen LogP contribution in [0.3, 0.4) is 0 Å². The van der Waals surface area contributed by atoms with Crippen molar-refractivity contribution < 1.29 is 29.4 Å². The summed E-state index contributed by atoms with van der Waals surface area (Å²) in [5.74, 6) is -4.46. The molecule has 1 amide bonds. The zero-order valence-corrected chi connectivity index (χ0v) is 15.8. The largest absolute Gasteiger partial charge is 0.478 e. The average molecular weight is 425 g/mol. The molecule has 0 atom stereocenters. The molecule has 12 nitrogen and oxygen atoms in total. The van der Waals surface area contributed by atoms with Gasteiger partial charge in [0.15, 0.2) is 11.5 Å². The number of carboxylic acids is 2. The first-order chi connectivity index (χ1) is 14.6. The second-order valence-electron chi connectivity index (χ2n) is 6.33. The number of nitrogens with zero attached hydrogens (tertiary/aromatic N) is 1. The molecule has 0 unspecified atom stereocenters. The quantitative estimate of drug-likeness (QED) is 0.185. The van der Waals surface area contributed by atoms with Gasteiger partial charge < -0.3 is 25.5 Å². The van der Waals surface area contributed by atoms with E-state index in [1.54, 1.807) is 12.1 Å². The van der Waals surface area contributed by atoms with Gasteiger partial charge in [0.2, 0.25) is 0 Å². The summed E-state index contributed by atoms with van der Waals surface area (Å²) in [5.41, 5.74) is 2.14. The van der Waals surface area contributed by atoms with Gasteiger partial charge in [-0.05, 0) is 36.4 Å². The number of aromatic nitrogens is 2. The smallest absolute Gasteiger partial charge is 0.335 e. The van der Waals surface area contributed by atoms with Crippen molar-refractivity contribution in [2.24, 2.45) is 5.10 Å². The van der Waals surface area contributed by atoms with Crippen LogP contribution in [-0.2, 0) is 9.59 Å². The molecule has 0 saturated carbocycles. The number of rotatable bonds is 7. The molecule has 0 radical (unpaired) electrons. The van der Waals surface area contributed by atoms with Crippen LogP contribution in [-0.4, -0.2) is 49.5 Å². The van der Waals surface area contributed by atoms with E-state index in [0.29, 0.717) is 16.7 Å². The highest BCUT2D eigenvalue weighted by molar-refractivity contribution is 6.67. The number of aromatic carboxylic acids is 2. The Kier molecular flexibility index (Phi) is 5.63. The summed E-state index contributed by atoms with van der Waals surface area (Å²) in [5, 5.41) is 24.3. The Morgan fingerprint density at radius 3 is 2.06 bits per heavy atom. The number of carboxylic acid groups (broad SMARTS) is 2. The number of amides is 1. The van der Waals surface area contributed by atoms with Gasteiger partial charge in [0.1, 0.15) is 0 Å². The van der Waals surface area contributed by atoms with E-state index in [0.717, 1.165) is 25.1 Å².